The number of hydrogen-bond acceptors (Lipinski definition) is 2. The second-order valence-corrected chi connectivity index (χ2v) is 5.27. The van der Waals surface area contributed by atoms with E-state index in [0.29, 0.717) is 5.41 Å². The standard InChI is InChI=1S/C11H26N2/c1-11(2,7-9-12(3)4)8-10-13(5)6/h7-10H2,1-6H3. The molecule has 0 rings (SSSR count). The predicted molar refractivity (Wildman–Crippen MR) is 60.1 cm³/mol. The zero-order valence-corrected chi connectivity index (χ0v) is 10.2. The van der Waals surface area contributed by atoms with E-state index in [1.807, 2.05) is 0 Å². The highest BCUT2D eigenvalue weighted by Crippen LogP contribution is 2.24. The largest absolute Gasteiger partial charge is 0.309 e. The summed E-state index contributed by atoms with van der Waals surface area (Å²) in [6.45, 7) is 7.11. The van der Waals surface area contributed by atoms with Crippen LogP contribution >= 0.6 is 0 Å². The molecule has 0 heterocycles. The smallest absolute Gasteiger partial charge is 0.00197 e. The monoisotopic (exact) mass is 186 g/mol. The van der Waals surface area contributed by atoms with Gasteiger partial charge in [-0.1, -0.05) is 13.8 Å². The summed E-state index contributed by atoms with van der Waals surface area (Å²) >= 11 is 0. The van der Waals surface area contributed by atoms with Crippen molar-refractivity contribution in [2.24, 2.45) is 5.41 Å². The molecular weight excluding hydrogens is 160 g/mol. The Morgan fingerprint density at radius 3 is 1.31 bits per heavy atom. The Kier molecular flexibility index (Phi) is 5.57. The Morgan fingerprint density at radius 2 is 1.08 bits per heavy atom. The van der Waals surface area contributed by atoms with Gasteiger partial charge in [-0.3, -0.25) is 0 Å². The molecule has 0 unspecified atom stereocenters. The van der Waals surface area contributed by atoms with Gasteiger partial charge in [0.05, 0.1) is 0 Å². The van der Waals surface area contributed by atoms with E-state index in [2.05, 4.69) is 51.8 Å². The van der Waals surface area contributed by atoms with Crippen LogP contribution in [0.15, 0.2) is 0 Å². The molecule has 0 radical (unpaired) electrons. The fourth-order valence-corrected chi connectivity index (χ4v) is 1.18. The highest BCUT2D eigenvalue weighted by atomic mass is 15.1. The average molecular weight is 186 g/mol. The summed E-state index contributed by atoms with van der Waals surface area (Å²) in [6.07, 6.45) is 2.57. The molecule has 2 nitrogen and oxygen atoms in total. The lowest BCUT2D eigenvalue weighted by molar-refractivity contribution is 0.229. The van der Waals surface area contributed by atoms with Crippen LogP contribution < -0.4 is 0 Å². The van der Waals surface area contributed by atoms with Crippen LogP contribution in [-0.2, 0) is 0 Å². The van der Waals surface area contributed by atoms with Gasteiger partial charge in [0.2, 0.25) is 0 Å². The predicted octanol–water partition coefficient (Wildman–Crippen LogP) is 1.92. The van der Waals surface area contributed by atoms with Gasteiger partial charge in [-0.05, 0) is 59.5 Å². The lowest BCUT2D eigenvalue weighted by atomic mass is 9.85. The van der Waals surface area contributed by atoms with E-state index in [9.17, 15) is 0 Å². The minimum atomic E-state index is 0.481. The fourth-order valence-electron chi connectivity index (χ4n) is 1.18. The van der Waals surface area contributed by atoms with Gasteiger partial charge in [0.15, 0.2) is 0 Å². The maximum absolute atomic E-state index is 2.36. The van der Waals surface area contributed by atoms with Gasteiger partial charge in [-0.25, -0.2) is 0 Å². The van der Waals surface area contributed by atoms with Crippen molar-refractivity contribution in [3.05, 3.63) is 0 Å². The lowest BCUT2D eigenvalue weighted by Gasteiger charge is -2.27. The Balaban J connectivity index is 3.66. The molecule has 0 atom stereocenters. The number of nitrogens with zero attached hydrogens (tertiary/aromatic N) is 2. The molecule has 13 heavy (non-hydrogen) atoms. The van der Waals surface area contributed by atoms with Crippen LogP contribution in [0.25, 0.3) is 0 Å². The fraction of sp³-hybridized carbons (Fsp3) is 1.00. The topological polar surface area (TPSA) is 6.48 Å². The molecule has 0 bridgehead atoms. The van der Waals surface area contributed by atoms with Gasteiger partial charge in [0.1, 0.15) is 0 Å². The van der Waals surface area contributed by atoms with E-state index in [-0.39, 0.29) is 0 Å². The van der Waals surface area contributed by atoms with Crippen molar-refractivity contribution in [2.45, 2.75) is 26.7 Å². The second-order valence-electron chi connectivity index (χ2n) is 5.27. The quantitative estimate of drug-likeness (QED) is 0.625. The Labute approximate surface area is 83.9 Å². The van der Waals surface area contributed by atoms with Gasteiger partial charge in [0, 0.05) is 0 Å². The Bertz CT molecular complexity index is 114. The molecular formula is C11H26N2. The molecule has 0 aliphatic carbocycles. The highest BCUT2D eigenvalue weighted by Gasteiger charge is 2.17. The first-order chi connectivity index (χ1) is 5.83. The minimum Gasteiger partial charge on any atom is -0.309 e. The third-order valence-electron chi connectivity index (χ3n) is 2.47. The summed E-state index contributed by atoms with van der Waals surface area (Å²) in [7, 11) is 8.56. The number of hydrogen-bond donors (Lipinski definition) is 0. The van der Waals surface area contributed by atoms with Gasteiger partial charge in [0.25, 0.3) is 0 Å². The molecule has 2 heteroatoms. The molecule has 0 fully saturated rings. The van der Waals surface area contributed by atoms with Crippen molar-refractivity contribution < 1.29 is 0 Å². The molecule has 0 aromatic rings. The maximum Gasteiger partial charge on any atom is -0.00197 e. The normalized spacial score (nSPS) is 12.9. The first-order valence-electron chi connectivity index (χ1n) is 5.13. The number of rotatable bonds is 6. The molecule has 0 aromatic heterocycles. The molecule has 0 aliphatic heterocycles. The Morgan fingerprint density at radius 1 is 0.769 bits per heavy atom. The summed E-state index contributed by atoms with van der Waals surface area (Å²) in [6, 6.07) is 0. The first kappa shape index (κ1) is 12.9. The maximum atomic E-state index is 2.36. The lowest BCUT2D eigenvalue weighted by Crippen LogP contribution is -2.25. The molecule has 0 aromatic carbocycles. The molecule has 0 N–H and O–H groups in total. The third-order valence-corrected chi connectivity index (χ3v) is 2.47. The van der Waals surface area contributed by atoms with Crippen LogP contribution in [0.4, 0.5) is 0 Å². The van der Waals surface area contributed by atoms with Crippen molar-refractivity contribution in [1.82, 2.24) is 9.80 Å². The van der Waals surface area contributed by atoms with Crippen LogP contribution in [0.3, 0.4) is 0 Å². The van der Waals surface area contributed by atoms with E-state index >= 15 is 0 Å². The zero-order valence-electron chi connectivity index (χ0n) is 10.2. The van der Waals surface area contributed by atoms with Crippen molar-refractivity contribution >= 4 is 0 Å². The van der Waals surface area contributed by atoms with E-state index in [4.69, 9.17) is 0 Å². The average Bonchev–Trinajstić information content (AvgIpc) is 1.98. The summed E-state index contributed by atoms with van der Waals surface area (Å²) in [5, 5.41) is 0. The second kappa shape index (κ2) is 5.61. The highest BCUT2D eigenvalue weighted by molar-refractivity contribution is 4.70. The third kappa shape index (κ3) is 8.26. The van der Waals surface area contributed by atoms with Crippen LogP contribution in [0.1, 0.15) is 26.7 Å². The molecule has 80 valence electrons. The molecule has 0 saturated heterocycles. The van der Waals surface area contributed by atoms with E-state index < -0.39 is 0 Å². The van der Waals surface area contributed by atoms with Crippen LogP contribution in [0.2, 0.25) is 0 Å². The molecule has 0 amide bonds. The summed E-state index contributed by atoms with van der Waals surface area (Å²) < 4.78 is 0. The SMILES string of the molecule is CN(C)CCC(C)(C)CCN(C)C. The van der Waals surface area contributed by atoms with Crippen LogP contribution in [0.5, 0.6) is 0 Å². The van der Waals surface area contributed by atoms with Gasteiger partial charge < -0.3 is 9.80 Å². The minimum absolute atomic E-state index is 0.481. The zero-order chi connectivity index (χ0) is 10.5. The summed E-state index contributed by atoms with van der Waals surface area (Å²) in [5.74, 6) is 0. The van der Waals surface area contributed by atoms with Gasteiger partial charge >= 0.3 is 0 Å². The van der Waals surface area contributed by atoms with Crippen molar-refractivity contribution in [2.75, 3.05) is 41.3 Å². The van der Waals surface area contributed by atoms with Crippen molar-refractivity contribution in [3.8, 4) is 0 Å². The van der Waals surface area contributed by atoms with Crippen molar-refractivity contribution in [1.29, 1.82) is 0 Å². The van der Waals surface area contributed by atoms with E-state index in [1.54, 1.807) is 0 Å². The molecule has 0 aliphatic rings. The first-order valence-corrected chi connectivity index (χ1v) is 5.13. The molecule has 0 spiro atoms. The van der Waals surface area contributed by atoms with Gasteiger partial charge in [-0.2, -0.15) is 0 Å². The van der Waals surface area contributed by atoms with Crippen LogP contribution in [-0.4, -0.2) is 51.1 Å². The van der Waals surface area contributed by atoms with Gasteiger partial charge in [-0.15, -0.1) is 0 Å². The Hall–Kier alpha value is -0.0800. The molecule has 0 saturated carbocycles. The summed E-state index contributed by atoms with van der Waals surface area (Å²) in [5.41, 5.74) is 0.481. The van der Waals surface area contributed by atoms with E-state index in [1.165, 1.54) is 25.9 Å². The summed E-state index contributed by atoms with van der Waals surface area (Å²) in [4.78, 5) is 4.52. The van der Waals surface area contributed by atoms with E-state index in [0.717, 1.165) is 0 Å². The van der Waals surface area contributed by atoms with Crippen LogP contribution in [0, 0.1) is 5.41 Å². The van der Waals surface area contributed by atoms with Crippen molar-refractivity contribution in [3.63, 3.8) is 0 Å².